The molecule has 0 bridgehead atoms. The van der Waals surface area contributed by atoms with E-state index in [-0.39, 0.29) is 6.42 Å². The lowest BCUT2D eigenvalue weighted by atomic mass is 10.3. The van der Waals surface area contributed by atoms with Gasteiger partial charge in [0.1, 0.15) is 6.23 Å². The Morgan fingerprint density at radius 2 is 2.42 bits per heavy atom. The zero-order valence-electron chi connectivity index (χ0n) is 6.60. The second-order valence-electron chi connectivity index (χ2n) is 2.60. The molecule has 0 aromatic carbocycles. The number of carboxylic acids is 1. The lowest BCUT2D eigenvalue weighted by molar-refractivity contribution is -0.137. The zero-order chi connectivity index (χ0) is 9.14. The minimum atomic E-state index is -0.873. The van der Waals surface area contributed by atoms with Crippen molar-refractivity contribution < 1.29 is 15.0 Å². The lowest BCUT2D eigenvalue weighted by Crippen LogP contribution is -2.30. The van der Waals surface area contributed by atoms with Crippen LogP contribution in [0.1, 0.15) is 6.42 Å². The molecule has 1 aliphatic heterocycles. The van der Waals surface area contributed by atoms with E-state index in [1.807, 2.05) is 0 Å². The highest BCUT2D eigenvalue weighted by Crippen LogP contribution is 2.16. The number of nitrogens with zero attached hydrogens (tertiary/aromatic N) is 1. The Morgan fingerprint density at radius 1 is 1.75 bits per heavy atom. The molecule has 2 N–H and O–H groups in total. The summed E-state index contributed by atoms with van der Waals surface area (Å²) in [7, 11) is 0. The third-order valence-electron chi connectivity index (χ3n) is 1.72. The number of hydrogen-bond donors (Lipinski definition) is 2. The molecule has 0 radical (unpaired) electrons. The number of allylic oxidation sites excluding steroid dienone is 1. The van der Waals surface area contributed by atoms with Crippen LogP contribution in [-0.2, 0) is 4.79 Å². The Labute approximate surface area is 70.4 Å². The number of carbonyl (C=O) groups is 1. The molecule has 0 aromatic heterocycles. The highest BCUT2D eigenvalue weighted by Gasteiger charge is 2.19. The van der Waals surface area contributed by atoms with Gasteiger partial charge in [0.15, 0.2) is 0 Å². The van der Waals surface area contributed by atoms with E-state index in [4.69, 9.17) is 5.11 Å². The van der Waals surface area contributed by atoms with E-state index in [1.54, 1.807) is 12.2 Å². The topological polar surface area (TPSA) is 60.8 Å². The third kappa shape index (κ3) is 1.85. The second-order valence-corrected chi connectivity index (χ2v) is 2.60. The van der Waals surface area contributed by atoms with Gasteiger partial charge in [0, 0.05) is 12.2 Å². The average Bonchev–Trinajstić information content (AvgIpc) is 2.28. The summed E-state index contributed by atoms with van der Waals surface area (Å²) in [5.41, 5.74) is 0.656. The standard InChI is InChI=1S/C8H11NO3/c1-6-2-3-7(10)9(6)5-4-8(11)12/h2-3,7,10H,1,4-5H2,(H,11,12). The maximum Gasteiger partial charge on any atom is 0.305 e. The van der Waals surface area contributed by atoms with Crippen LogP contribution in [0.25, 0.3) is 0 Å². The van der Waals surface area contributed by atoms with Gasteiger partial charge < -0.3 is 15.1 Å². The molecule has 0 aromatic rings. The Bertz CT molecular complexity index is 234. The van der Waals surface area contributed by atoms with Crippen molar-refractivity contribution in [3.05, 3.63) is 24.4 Å². The molecule has 1 heterocycles. The number of hydrogen-bond acceptors (Lipinski definition) is 3. The van der Waals surface area contributed by atoms with Gasteiger partial charge in [-0.15, -0.1) is 0 Å². The normalized spacial score (nSPS) is 21.9. The lowest BCUT2D eigenvalue weighted by Gasteiger charge is -2.22. The van der Waals surface area contributed by atoms with Gasteiger partial charge in [0.2, 0.25) is 0 Å². The molecule has 66 valence electrons. The molecule has 0 amide bonds. The minimum absolute atomic E-state index is 0.0117. The maximum atomic E-state index is 10.2. The van der Waals surface area contributed by atoms with Gasteiger partial charge in [-0.25, -0.2) is 0 Å². The van der Waals surface area contributed by atoms with E-state index in [0.29, 0.717) is 12.2 Å². The van der Waals surface area contributed by atoms with Crippen molar-refractivity contribution in [1.29, 1.82) is 0 Å². The molecular formula is C8H11NO3. The van der Waals surface area contributed by atoms with Gasteiger partial charge >= 0.3 is 5.97 Å². The van der Waals surface area contributed by atoms with E-state index in [9.17, 15) is 9.90 Å². The summed E-state index contributed by atoms with van der Waals surface area (Å²) in [6, 6.07) is 0. The van der Waals surface area contributed by atoms with Crippen LogP contribution in [0.15, 0.2) is 24.4 Å². The van der Waals surface area contributed by atoms with Crippen molar-refractivity contribution in [2.24, 2.45) is 0 Å². The molecule has 12 heavy (non-hydrogen) atoms. The van der Waals surface area contributed by atoms with Crippen molar-refractivity contribution in [1.82, 2.24) is 4.90 Å². The molecule has 1 rings (SSSR count). The molecule has 0 saturated carbocycles. The molecule has 4 nitrogen and oxygen atoms in total. The molecule has 1 aliphatic rings. The van der Waals surface area contributed by atoms with Crippen LogP contribution in [0.2, 0.25) is 0 Å². The summed E-state index contributed by atoms with van der Waals surface area (Å²) >= 11 is 0. The predicted octanol–water partition coefficient (Wildman–Crippen LogP) is 0.165. The summed E-state index contributed by atoms with van der Waals surface area (Å²) in [5.74, 6) is -0.873. The van der Waals surface area contributed by atoms with Crippen molar-refractivity contribution in [3.8, 4) is 0 Å². The van der Waals surface area contributed by atoms with Crippen molar-refractivity contribution in [2.75, 3.05) is 6.54 Å². The number of aliphatic hydroxyl groups excluding tert-OH is 1. The zero-order valence-corrected chi connectivity index (χ0v) is 6.60. The van der Waals surface area contributed by atoms with Gasteiger partial charge in [-0.1, -0.05) is 6.58 Å². The molecule has 0 fully saturated rings. The maximum absolute atomic E-state index is 10.2. The first-order valence-corrected chi connectivity index (χ1v) is 3.65. The number of aliphatic carboxylic acids is 1. The highest BCUT2D eigenvalue weighted by molar-refractivity contribution is 5.66. The number of carboxylic acid groups (broad SMARTS) is 1. The monoisotopic (exact) mass is 169 g/mol. The Kier molecular flexibility index (Phi) is 2.50. The van der Waals surface area contributed by atoms with Crippen molar-refractivity contribution >= 4 is 5.97 Å². The van der Waals surface area contributed by atoms with E-state index in [1.165, 1.54) is 4.90 Å². The van der Waals surface area contributed by atoms with Gasteiger partial charge in [-0.3, -0.25) is 4.79 Å². The molecule has 0 aliphatic carbocycles. The van der Waals surface area contributed by atoms with Crippen LogP contribution in [0.5, 0.6) is 0 Å². The molecule has 1 unspecified atom stereocenters. The first-order chi connectivity index (χ1) is 5.61. The Hall–Kier alpha value is -1.29. The number of rotatable bonds is 3. The molecule has 4 heteroatoms. The quantitative estimate of drug-likeness (QED) is 0.632. The summed E-state index contributed by atoms with van der Waals surface area (Å²) in [5, 5.41) is 17.6. The van der Waals surface area contributed by atoms with Crippen LogP contribution in [0.4, 0.5) is 0 Å². The fraction of sp³-hybridized carbons (Fsp3) is 0.375. The van der Waals surface area contributed by atoms with E-state index in [2.05, 4.69) is 6.58 Å². The van der Waals surface area contributed by atoms with Crippen LogP contribution in [0.3, 0.4) is 0 Å². The van der Waals surface area contributed by atoms with Gasteiger partial charge in [0.05, 0.1) is 6.42 Å². The fourth-order valence-corrected chi connectivity index (χ4v) is 1.06. The van der Waals surface area contributed by atoms with Gasteiger partial charge in [0.25, 0.3) is 0 Å². The first kappa shape index (κ1) is 8.80. The summed E-state index contributed by atoms with van der Waals surface area (Å²) in [4.78, 5) is 11.7. The summed E-state index contributed by atoms with van der Waals surface area (Å²) in [6.45, 7) is 3.94. The van der Waals surface area contributed by atoms with Crippen LogP contribution < -0.4 is 0 Å². The molecule has 1 atom stereocenters. The van der Waals surface area contributed by atoms with E-state index in [0.717, 1.165) is 0 Å². The second kappa shape index (κ2) is 3.40. The SMILES string of the molecule is C=C1C=CC(O)N1CCC(=O)O. The highest BCUT2D eigenvalue weighted by atomic mass is 16.4. The van der Waals surface area contributed by atoms with Crippen molar-refractivity contribution in [2.45, 2.75) is 12.6 Å². The Balaban J connectivity index is 2.42. The Morgan fingerprint density at radius 3 is 2.83 bits per heavy atom. The summed E-state index contributed by atoms with van der Waals surface area (Å²) < 4.78 is 0. The van der Waals surface area contributed by atoms with E-state index >= 15 is 0 Å². The van der Waals surface area contributed by atoms with E-state index < -0.39 is 12.2 Å². The third-order valence-corrected chi connectivity index (χ3v) is 1.72. The van der Waals surface area contributed by atoms with Crippen LogP contribution in [0, 0.1) is 0 Å². The molecule has 0 spiro atoms. The largest absolute Gasteiger partial charge is 0.481 e. The molecule has 0 saturated heterocycles. The van der Waals surface area contributed by atoms with Crippen LogP contribution in [-0.4, -0.2) is 33.9 Å². The smallest absolute Gasteiger partial charge is 0.305 e. The van der Waals surface area contributed by atoms with Gasteiger partial charge in [-0.2, -0.15) is 0 Å². The average molecular weight is 169 g/mol. The molecular weight excluding hydrogens is 158 g/mol. The van der Waals surface area contributed by atoms with Crippen LogP contribution >= 0.6 is 0 Å². The first-order valence-electron chi connectivity index (χ1n) is 3.65. The minimum Gasteiger partial charge on any atom is -0.481 e. The summed E-state index contributed by atoms with van der Waals surface area (Å²) in [6.07, 6.45) is 2.55. The number of aliphatic hydroxyl groups is 1. The fourth-order valence-electron chi connectivity index (χ4n) is 1.06. The van der Waals surface area contributed by atoms with Gasteiger partial charge in [-0.05, 0) is 12.2 Å². The van der Waals surface area contributed by atoms with Crippen molar-refractivity contribution in [3.63, 3.8) is 0 Å². The predicted molar refractivity (Wildman–Crippen MR) is 43.2 cm³/mol.